The molecule has 1 aromatic rings. The van der Waals surface area contributed by atoms with E-state index < -0.39 is 0 Å². The van der Waals surface area contributed by atoms with Gasteiger partial charge in [0.2, 0.25) is 0 Å². The van der Waals surface area contributed by atoms with Crippen molar-refractivity contribution < 1.29 is 14.3 Å². The summed E-state index contributed by atoms with van der Waals surface area (Å²) in [5.74, 6) is 0.0133. The number of hydrogen-bond acceptors (Lipinski definition) is 5. The Kier molecular flexibility index (Phi) is 7.62. The van der Waals surface area contributed by atoms with Crippen molar-refractivity contribution in [2.75, 3.05) is 39.5 Å². The second-order valence-corrected chi connectivity index (χ2v) is 4.81. The zero-order valence-electron chi connectivity index (χ0n) is 11.8. The van der Waals surface area contributed by atoms with E-state index in [1.54, 1.807) is 10.4 Å². The van der Waals surface area contributed by atoms with Gasteiger partial charge in [-0.25, -0.2) is 4.98 Å². The molecule has 19 heavy (non-hydrogen) atoms. The lowest BCUT2D eigenvalue weighted by atomic mass is 10.3. The molecular weight excluding hydrogens is 264 g/mol. The summed E-state index contributed by atoms with van der Waals surface area (Å²) in [7, 11) is 0. The predicted molar refractivity (Wildman–Crippen MR) is 75.7 cm³/mol. The zero-order chi connectivity index (χ0) is 14.1. The molecule has 5 nitrogen and oxygen atoms in total. The van der Waals surface area contributed by atoms with Crippen LogP contribution in [0.2, 0.25) is 0 Å². The van der Waals surface area contributed by atoms with E-state index in [9.17, 15) is 4.79 Å². The van der Waals surface area contributed by atoms with Crippen molar-refractivity contribution in [3.05, 3.63) is 16.1 Å². The number of thiazole rings is 1. The molecule has 0 aliphatic heterocycles. The first kappa shape index (κ1) is 16.1. The average Bonchev–Trinajstić information content (AvgIpc) is 2.83. The second kappa shape index (κ2) is 9.01. The number of amides is 1. The van der Waals surface area contributed by atoms with Crippen molar-refractivity contribution in [3.63, 3.8) is 0 Å². The average molecular weight is 286 g/mol. The van der Waals surface area contributed by atoms with Crippen LogP contribution < -0.4 is 0 Å². The van der Waals surface area contributed by atoms with Crippen LogP contribution in [0.15, 0.2) is 5.51 Å². The fourth-order valence-corrected chi connectivity index (χ4v) is 2.37. The van der Waals surface area contributed by atoms with Crippen LogP contribution in [0.1, 0.15) is 29.2 Å². The van der Waals surface area contributed by atoms with E-state index in [-0.39, 0.29) is 5.91 Å². The lowest BCUT2D eigenvalue weighted by Crippen LogP contribution is -2.36. The summed E-state index contributed by atoms with van der Waals surface area (Å²) in [6.45, 7) is 9.32. The highest BCUT2D eigenvalue weighted by atomic mass is 32.1. The summed E-state index contributed by atoms with van der Waals surface area (Å²) in [6, 6.07) is 0. The SMILES string of the molecule is CCOCCN(CCOCC)C(=O)c1scnc1C. The maximum atomic E-state index is 12.4. The van der Waals surface area contributed by atoms with Gasteiger partial charge in [-0.05, 0) is 20.8 Å². The van der Waals surface area contributed by atoms with Gasteiger partial charge in [0.15, 0.2) is 0 Å². The molecule has 1 amide bonds. The molecule has 1 aromatic heterocycles. The van der Waals surface area contributed by atoms with Gasteiger partial charge in [0.05, 0.1) is 24.4 Å². The Morgan fingerprint density at radius 1 is 1.26 bits per heavy atom. The van der Waals surface area contributed by atoms with Crippen molar-refractivity contribution in [1.29, 1.82) is 0 Å². The molecule has 0 atom stereocenters. The number of carbonyl (C=O) groups is 1. The third-order valence-electron chi connectivity index (χ3n) is 2.65. The fourth-order valence-electron chi connectivity index (χ4n) is 1.60. The summed E-state index contributed by atoms with van der Waals surface area (Å²) < 4.78 is 10.6. The summed E-state index contributed by atoms with van der Waals surface area (Å²) in [4.78, 5) is 19.0. The Morgan fingerprint density at radius 2 is 1.84 bits per heavy atom. The largest absolute Gasteiger partial charge is 0.380 e. The number of hydrogen-bond donors (Lipinski definition) is 0. The van der Waals surface area contributed by atoms with E-state index >= 15 is 0 Å². The van der Waals surface area contributed by atoms with Gasteiger partial charge in [0.1, 0.15) is 4.88 Å². The summed E-state index contributed by atoms with van der Waals surface area (Å²) in [6.07, 6.45) is 0. The number of aryl methyl sites for hydroxylation is 1. The smallest absolute Gasteiger partial charge is 0.266 e. The van der Waals surface area contributed by atoms with Crippen LogP contribution in [0, 0.1) is 6.92 Å². The Morgan fingerprint density at radius 3 is 2.26 bits per heavy atom. The molecule has 0 saturated heterocycles. The van der Waals surface area contributed by atoms with Crippen molar-refractivity contribution >= 4 is 17.2 Å². The monoisotopic (exact) mass is 286 g/mol. The van der Waals surface area contributed by atoms with Gasteiger partial charge in [-0.2, -0.15) is 0 Å². The van der Waals surface area contributed by atoms with E-state index in [2.05, 4.69) is 4.98 Å². The Balaban J connectivity index is 2.60. The van der Waals surface area contributed by atoms with Gasteiger partial charge >= 0.3 is 0 Å². The van der Waals surface area contributed by atoms with Crippen LogP contribution in [0.4, 0.5) is 0 Å². The molecule has 1 rings (SSSR count). The van der Waals surface area contributed by atoms with E-state index in [4.69, 9.17) is 9.47 Å². The highest BCUT2D eigenvalue weighted by Crippen LogP contribution is 2.15. The molecule has 1 heterocycles. The van der Waals surface area contributed by atoms with Crippen LogP contribution in [0.3, 0.4) is 0 Å². The topological polar surface area (TPSA) is 51.7 Å². The summed E-state index contributed by atoms with van der Waals surface area (Å²) >= 11 is 1.38. The van der Waals surface area contributed by atoms with Crippen molar-refractivity contribution in [2.45, 2.75) is 20.8 Å². The minimum atomic E-state index is 0.0133. The molecule has 0 aromatic carbocycles. The Labute approximate surface area is 118 Å². The van der Waals surface area contributed by atoms with Gasteiger partial charge in [-0.3, -0.25) is 4.79 Å². The first-order valence-electron chi connectivity index (χ1n) is 6.55. The molecule has 0 saturated carbocycles. The zero-order valence-corrected chi connectivity index (χ0v) is 12.7. The number of carbonyl (C=O) groups excluding carboxylic acids is 1. The van der Waals surface area contributed by atoms with E-state index in [1.807, 2.05) is 20.8 Å². The Bertz CT molecular complexity index is 372. The molecular formula is C13H22N2O3S. The number of nitrogens with zero attached hydrogens (tertiary/aromatic N) is 2. The quantitative estimate of drug-likeness (QED) is 0.651. The number of aromatic nitrogens is 1. The van der Waals surface area contributed by atoms with Gasteiger partial charge in [-0.1, -0.05) is 0 Å². The first-order chi connectivity index (χ1) is 9.20. The maximum Gasteiger partial charge on any atom is 0.266 e. The molecule has 0 N–H and O–H groups in total. The molecule has 0 bridgehead atoms. The number of ether oxygens (including phenoxy) is 2. The molecule has 0 unspecified atom stereocenters. The third-order valence-corrected chi connectivity index (χ3v) is 3.56. The second-order valence-electron chi connectivity index (χ2n) is 3.95. The Hall–Kier alpha value is -0.980. The summed E-state index contributed by atoms with van der Waals surface area (Å²) in [5.41, 5.74) is 2.49. The lowest BCUT2D eigenvalue weighted by Gasteiger charge is -2.22. The molecule has 0 radical (unpaired) electrons. The van der Waals surface area contributed by atoms with Gasteiger partial charge < -0.3 is 14.4 Å². The fraction of sp³-hybridized carbons (Fsp3) is 0.692. The van der Waals surface area contributed by atoms with Crippen LogP contribution in [-0.4, -0.2) is 55.3 Å². The van der Waals surface area contributed by atoms with Crippen molar-refractivity contribution in [2.24, 2.45) is 0 Å². The van der Waals surface area contributed by atoms with Gasteiger partial charge in [0, 0.05) is 26.3 Å². The normalized spacial score (nSPS) is 10.7. The van der Waals surface area contributed by atoms with Gasteiger partial charge in [0.25, 0.3) is 5.91 Å². The van der Waals surface area contributed by atoms with Crippen LogP contribution in [0.5, 0.6) is 0 Å². The molecule has 108 valence electrons. The minimum absolute atomic E-state index is 0.0133. The predicted octanol–water partition coefficient (Wildman–Crippen LogP) is 1.97. The van der Waals surface area contributed by atoms with Crippen LogP contribution >= 0.6 is 11.3 Å². The van der Waals surface area contributed by atoms with Crippen LogP contribution in [-0.2, 0) is 9.47 Å². The molecule has 6 heteroatoms. The van der Waals surface area contributed by atoms with Crippen LogP contribution in [0.25, 0.3) is 0 Å². The molecule has 0 aliphatic rings. The van der Waals surface area contributed by atoms with Gasteiger partial charge in [-0.15, -0.1) is 11.3 Å². The summed E-state index contributed by atoms with van der Waals surface area (Å²) in [5, 5.41) is 0. The standard InChI is InChI=1S/C13H22N2O3S/c1-4-17-8-6-15(7-9-18-5-2)13(16)12-11(3)14-10-19-12/h10H,4-9H2,1-3H3. The molecule has 0 fully saturated rings. The highest BCUT2D eigenvalue weighted by molar-refractivity contribution is 7.11. The van der Waals surface area contributed by atoms with Crippen molar-refractivity contribution in [1.82, 2.24) is 9.88 Å². The molecule has 0 spiro atoms. The highest BCUT2D eigenvalue weighted by Gasteiger charge is 2.19. The van der Waals surface area contributed by atoms with E-state index in [0.29, 0.717) is 44.4 Å². The lowest BCUT2D eigenvalue weighted by molar-refractivity contribution is 0.0553. The third kappa shape index (κ3) is 5.26. The molecule has 0 aliphatic carbocycles. The number of rotatable bonds is 9. The van der Waals surface area contributed by atoms with Crippen molar-refractivity contribution in [3.8, 4) is 0 Å². The maximum absolute atomic E-state index is 12.4. The minimum Gasteiger partial charge on any atom is -0.380 e. The first-order valence-corrected chi connectivity index (χ1v) is 7.43. The van der Waals surface area contributed by atoms with E-state index in [1.165, 1.54) is 11.3 Å². The van der Waals surface area contributed by atoms with E-state index in [0.717, 1.165) is 5.69 Å².